The zero-order valence-corrected chi connectivity index (χ0v) is 22.9. The number of aryl methyl sites for hydroxylation is 1. The third-order valence-electron chi connectivity index (χ3n) is 6.72. The first-order chi connectivity index (χ1) is 20.1. The molecule has 0 heterocycles. The number of carboxylic acids is 1. The van der Waals surface area contributed by atoms with Crippen LogP contribution in [0.3, 0.4) is 0 Å². The lowest BCUT2D eigenvalue weighted by Crippen LogP contribution is -2.55. The SMILES string of the molecule is Cc1ccc(C(=O)N[C@H](C)C(=O)NC(COCc2ccccc2)C(=O)C(=O)NCC(=O)O)c2c1-c1ccccc1C2=O. The van der Waals surface area contributed by atoms with Crippen LogP contribution in [0, 0.1) is 6.92 Å². The van der Waals surface area contributed by atoms with Crippen molar-refractivity contribution in [2.75, 3.05) is 13.2 Å². The fourth-order valence-corrected chi connectivity index (χ4v) is 4.60. The second-order valence-corrected chi connectivity index (χ2v) is 9.75. The van der Waals surface area contributed by atoms with Crippen molar-refractivity contribution < 1.29 is 38.6 Å². The maximum atomic E-state index is 13.3. The number of amides is 3. The third-order valence-corrected chi connectivity index (χ3v) is 6.72. The highest BCUT2D eigenvalue weighted by atomic mass is 16.5. The highest BCUT2D eigenvalue weighted by Gasteiger charge is 2.34. The van der Waals surface area contributed by atoms with E-state index in [2.05, 4.69) is 10.6 Å². The Balaban J connectivity index is 1.46. The summed E-state index contributed by atoms with van der Waals surface area (Å²) in [5.74, 6) is -5.43. The zero-order chi connectivity index (χ0) is 30.4. The molecule has 0 spiro atoms. The Hall–Kier alpha value is -5.16. The molecular weight excluding hydrogens is 542 g/mol. The summed E-state index contributed by atoms with van der Waals surface area (Å²) >= 11 is 0. The van der Waals surface area contributed by atoms with Crippen LogP contribution in [0.5, 0.6) is 0 Å². The van der Waals surface area contributed by atoms with Crippen LogP contribution in [-0.4, -0.2) is 65.6 Å². The number of carbonyl (C=O) groups excluding carboxylic acids is 5. The highest BCUT2D eigenvalue weighted by molar-refractivity contribution is 6.38. The number of Topliss-reactive ketones (excluding diaryl/α,β-unsaturated/α-hetero) is 1. The molecule has 3 amide bonds. The number of carbonyl (C=O) groups is 6. The lowest BCUT2D eigenvalue weighted by atomic mass is 9.95. The van der Waals surface area contributed by atoms with Crippen LogP contribution in [0.15, 0.2) is 66.7 Å². The highest BCUT2D eigenvalue weighted by Crippen LogP contribution is 2.40. The molecule has 3 aromatic rings. The minimum atomic E-state index is -1.46. The molecule has 4 N–H and O–H groups in total. The summed E-state index contributed by atoms with van der Waals surface area (Å²) in [6, 6.07) is 16.6. The summed E-state index contributed by atoms with van der Waals surface area (Å²) in [4.78, 5) is 75.4. The predicted molar refractivity (Wildman–Crippen MR) is 151 cm³/mol. The molecule has 216 valence electrons. The average molecular weight is 572 g/mol. The first-order valence-electron chi connectivity index (χ1n) is 13.1. The van der Waals surface area contributed by atoms with E-state index < -0.39 is 54.7 Å². The summed E-state index contributed by atoms with van der Waals surface area (Å²) in [6.45, 7) is 2.13. The second kappa shape index (κ2) is 13.0. The summed E-state index contributed by atoms with van der Waals surface area (Å²) in [5.41, 5.74) is 3.83. The van der Waals surface area contributed by atoms with Gasteiger partial charge in [-0.1, -0.05) is 60.7 Å². The van der Waals surface area contributed by atoms with E-state index in [1.165, 1.54) is 13.0 Å². The summed E-state index contributed by atoms with van der Waals surface area (Å²) < 4.78 is 5.56. The Morgan fingerprint density at radius 1 is 0.857 bits per heavy atom. The molecule has 0 radical (unpaired) electrons. The monoisotopic (exact) mass is 571 g/mol. The molecule has 11 heteroatoms. The summed E-state index contributed by atoms with van der Waals surface area (Å²) in [7, 11) is 0. The number of carboxylic acid groups (broad SMARTS) is 1. The molecule has 0 saturated heterocycles. The quantitative estimate of drug-likeness (QED) is 0.187. The van der Waals surface area contributed by atoms with Crippen molar-refractivity contribution in [2.45, 2.75) is 32.5 Å². The standard InChI is InChI=1S/C31H29N3O8/c1-17-12-13-22(26-25(17)20-10-6-7-11-21(20)27(26)37)30(40)33-18(2)29(39)34-23(28(38)31(41)32-14-24(35)36)16-42-15-19-8-4-3-5-9-19/h3-13,18,23H,14-16H2,1-2H3,(H,32,41)(H,33,40)(H,34,39)(H,35,36)/t18-,23?/m1/s1. The van der Waals surface area contributed by atoms with E-state index in [0.717, 1.165) is 16.7 Å². The number of benzene rings is 3. The van der Waals surface area contributed by atoms with Crippen molar-refractivity contribution in [3.63, 3.8) is 0 Å². The topological polar surface area (TPSA) is 168 Å². The Kier molecular flexibility index (Phi) is 9.23. The Morgan fingerprint density at radius 3 is 2.21 bits per heavy atom. The largest absolute Gasteiger partial charge is 0.480 e. The fourth-order valence-electron chi connectivity index (χ4n) is 4.60. The maximum Gasteiger partial charge on any atom is 0.322 e. The fraction of sp³-hybridized carbons (Fsp3) is 0.226. The van der Waals surface area contributed by atoms with Gasteiger partial charge in [-0.15, -0.1) is 0 Å². The van der Waals surface area contributed by atoms with Crippen molar-refractivity contribution in [3.8, 4) is 11.1 Å². The van der Waals surface area contributed by atoms with E-state index in [1.54, 1.807) is 42.5 Å². The molecule has 42 heavy (non-hydrogen) atoms. The smallest absolute Gasteiger partial charge is 0.322 e. The first-order valence-corrected chi connectivity index (χ1v) is 13.1. The van der Waals surface area contributed by atoms with Gasteiger partial charge in [-0.25, -0.2) is 0 Å². The second-order valence-electron chi connectivity index (χ2n) is 9.75. The number of aliphatic carboxylic acids is 1. The molecule has 1 aliphatic rings. The lowest BCUT2D eigenvalue weighted by molar-refractivity contribution is -0.143. The number of fused-ring (bicyclic) bond motifs is 3. The van der Waals surface area contributed by atoms with Gasteiger partial charge in [0.15, 0.2) is 5.78 Å². The van der Waals surface area contributed by atoms with E-state index in [0.29, 0.717) is 11.1 Å². The van der Waals surface area contributed by atoms with Crippen molar-refractivity contribution in [2.24, 2.45) is 0 Å². The average Bonchev–Trinajstić information content (AvgIpc) is 3.28. The number of hydrogen-bond donors (Lipinski definition) is 4. The molecule has 1 aliphatic carbocycles. The molecule has 0 bridgehead atoms. The van der Waals surface area contributed by atoms with Gasteiger partial charge >= 0.3 is 5.97 Å². The van der Waals surface area contributed by atoms with Crippen molar-refractivity contribution in [1.29, 1.82) is 0 Å². The van der Waals surface area contributed by atoms with E-state index >= 15 is 0 Å². The van der Waals surface area contributed by atoms with Crippen LogP contribution < -0.4 is 16.0 Å². The van der Waals surface area contributed by atoms with Gasteiger partial charge in [0.1, 0.15) is 18.6 Å². The van der Waals surface area contributed by atoms with Crippen LogP contribution >= 0.6 is 0 Å². The third kappa shape index (κ3) is 6.58. The Bertz CT molecular complexity index is 1570. The van der Waals surface area contributed by atoms with Crippen molar-refractivity contribution >= 4 is 35.3 Å². The van der Waals surface area contributed by atoms with Crippen LogP contribution in [-0.2, 0) is 30.5 Å². The minimum Gasteiger partial charge on any atom is -0.480 e. The molecule has 2 atom stereocenters. The molecule has 1 unspecified atom stereocenters. The van der Waals surface area contributed by atoms with Gasteiger partial charge in [0.2, 0.25) is 11.7 Å². The number of rotatable bonds is 12. The van der Waals surface area contributed by atoms with Gasteiger partial charge in [-0.05, 0) is 42.2 Å². The van der Waals surface area contributed by atoms with Gasteiger partial charge in [0, 0.05) is 11.1 Å². The van der Waals surface area contributed by atoms with E-state index in [9.17, 15) is 28.8 Å². The number of ketones is 2. The normalized spacial score (nSPS) is 12.9. The molecule has 3 aromatic carbocycles. The van der Waals surface area contributed by atoms with Crippen LogP contribution in [0.25, 0.3) is 11.1 Å². The van der Waals surface area contributed by atoms with Crippen molar-refractivity contribution in [3.05, 3.63) is 94.5 Å². The molecule has 0 saturated carbocycles. The van der Waals surface area contributed by atoms with Gasteiger partial charge in [0.05, 0.1) is 18.8 Å². The van der Waals surface area contributed by atoms with Crippen LogP contribution in [0.4, 0.5) is 0 Å². The Morgan fingerprint density at radius 2 is 1.52 bits per heavy atom. The molecule has 11 nitrogen and oxygen atoms in total. The molecule has 0 fully saturated rings. The lowest BCUT2D eigenvalue weighted by Gasteiger charge is -2.21. The molecule has 4 rings (SSSR count). The summed E-state index contributed by atoms with van der Waals surface area (Å²) in [5, 5.41) is 15.7. The van der Waals surface area contributed by atoms with Crippen molar-refractivity contribution in [1.82, 2.24) is 16.0 Å². The minimum absolute atomic E-state index is 0.0818. The first kappa shape index (κ1) is 29.8. The van der Waals surface area contributed by atoms with Gasteiger partial charge in [-0.2, -0.15) is 0 Å². The van der Waals surface area contributed by atoms with Gasteiger partial charge in [-0.3, -0.25) is 28.8 Å². The van der Waals surface area contributed by atoms with Gasteiger partial charge in [0.25, 0.3) is 11.8 Å². The number of nitrogens with one attached hydrogen (secondary N) is 3. The van der Waals surface area contributed by atoms with Crippen LogP contribution in [0.2, 0.25) is 0 Å². The number of hydrogen-bond acceptors (Lipinski definition) is 7. The maximum absolute atomic E-state index is 13.3. The predicted octanol–water partition coefficient (Wildman–Crippen LogP) is 1.80. The van der Waals surface area contributed by atoms with E-state index in [1.807, 2.05) is 30.4 Å². The summed E-state index contributed by atoms with van der Waals surface area (Å²) in [6.07, 6.45) is 0. The molecule has 0 aromatic heterocycles. The Labute approximate surface area is 241 Å². The molecular formula is C31H29N3O8. The number of ether oxygens (including phenoxy) is 1. The van der Waals surface area contributed by atoms with Crippen LogP contribution in [0.1, 0.15) is 44.3 Å². The molecule has 0 aliphatic heterocycles. The van der Waals surface area contributed by atoms with Gasteiger partial charge < -0.3 is 25.8 Å². The van der Waals surface area contributed by atoms with E-state index in [-0.39, 0.29) is 23.5 Å². The van der Waals surface area contributed by atoms with E-state index in [4.69, 9.17) is 9.84 Å². The zero-order valence-electron chi connectivity index (χ0n) is 22.9.